The van der Waals surface area contributed by atoms with Crippen molar-refractivity contribution in [2.45, 2.75) is 0 Å². The van der Waals surface area contributed by atoms with Gasteiger partial charge >= 0.3 is 17.8 Å². The summed E-state index contributed by atoms with van der Waals surface area (Å²) in [6, 6.07) is 15.4. The topological polar surface area (TPSA) is 106 Å². The smallest absolute Gasteiger partial charge is 0.343 e. The first-order valence-corrected chi connectivity index (χ1v) is 10.7. The van der Waals surface area contributed by atoms with Gasteiger partial charge in [-0.05, 0) is 54.1 Å². The molecule has 0 saturated carbocycles. The van der Waals surface area contributed by atoms with Crippen LogP contribution in [0.2, 0.25) is 15.1 Å². The van der Waals surface area contributed by atoms with Crippen LogP contribution in [0.25, 0.3) is 0 Å². The molecule has 0 aliphatic carbocycles. The van der Waals surface area contributed by atoms with Crippen LogP contribution in [0.3, 0.4) is 0 Å². The maximum Gasteiger partial charge on any atom is 0.343 e. The van der Waals surface area contributed by atoms with Crippen molar-refractivity contribution < 1.29 is 23.9 Å². The number of methoxy groups -OCH3 is 1. The summed E-state index contributed by atoms with van der Waals surface area (Å²) in [4.78, 5) is 36.3. The highest BCUT2D eigenvalue weighted by Gasteiger charge is 2.15. The quantitative estimate of drug-likeness (QED) is 0.157. The van der Waals surface area contributed by atoms with Gasteiger partial charge in [0.1, 0.15) is 0 Å². The number of hydrogen-bond acceptors (Lipinski definition) is 6. The van der Waals surface area contributed by atoms with Crippen LogP contribution in [0.15, 0.2) is 65.8 Å². The Morgan fingerprint density at radius 3 is 2.32 bits per heavy atom. The number of benzene rings is 3. The Balaban J connectivity index is 1.62. The van der Waals surface area contributed by atoms with Gasteiger partial charge in [-0.2, -0.15) is 5.10 Å². The lowest BCUT2D eigenvalue weighted by molar-refractivity contribution is -0.136. The maximum atomic E-state index is 12.4. The number of esters is 1. The van der Waals surface area contributed by atoms with E-state index in [1.54, 1.807) is 30.3 Å². The molecule has 2 N–H and O–H groups in total. The maximum absolute atomic E-state index is 12.4. The number of amides is 2. The Kier molecular flexibility index (Phi) is 8.48. The Hall–Kier alpha value is -3.59. The molecule has 0 fully saturated rings. The molecule has 3 aromatic rings. The summed E-state index contributed by atoms with van der Waals surface area (Å²) in [5.41, 5.74) is 3.11. The van der Waals surface area contributed by atoms with E-state index in [4.69, 9.17) is 44.3 Å². The van der Waals surface area contributed by atoms with E-state index in [0.717, 1.165) is 0 Å². The normalized spacial score (nSPS) is 10.6. The minimum atomic E-state index is -0.990. The van der Waals surface area contributed by atoms with Crippen LogP contribution in [0.4, 0.5) is 5.69 Å². The van der Waals surface area contributed by atoms with E-state index < -0.39 is 17.8 Å². The van der Waals surface area contributed by atoms with Gasteiger partial charge in [-0.15, -0.1) is 0 Å². The summed E-state index contributed by atoms with van der Waals surface area (Å²) in [6.07, 6.45) is 1.29. The molecule has 0 atom stereocenters. The Morgan fingerprint density at radius 1 is 0.853 bits per heavy atom. The molecule has 0 aliphatic rings. The number of hydrogen-bond donors (Lipinski definition) is 2. The van der Waals surface area contributed by atoms with E-state index in [-0.39, 0.29) is 22.1 Å². The molecule has 11 heteroatoms. The first-order valence-electron chi connectivity index (χ1n) is 9.52. The number of rotatable bonds is 6. The van der Waals surface area contributed by atoms with Gasteiger partial charge in [0.05, 0.1) is 39.6 Å². The van der Waals surface area contributed by atoms with E-state index in [0.29, 0.717) is 21.3 Å². The van der Waals surface area contributed by atoms with Gasteiger partial charge < -0.3 is 14.8 Å². The summed E-state index contributed by atoms with van der Waals surface area (Å²) in [6.45, 7) is 0. The molecule has 0 bridgehead atoms. The lowest BCUT2D eigenvalue weighted by Gasteiger charge is -2.10. The third kappa shape index (κ3) is 6.48. The molecule has 2 amide bonds. The molecule has 174 valence electrons. The molecule has 3 rings (SSSR count). The van der Waals surface area contributed by atoms with Crippen LogP contribution >= 0.6 is 34.8 Å². The average molecular weight is 521 g/mol. The molecule has 0 heterocycles. The summed E-state index contributed by atoms with van der Waals surface area (Å²) in [5, 5.41) is 6.95. The highest BCUT2D eigenvalue weighted by atomic mass is 35.5. The fraction of sp³-hybridized carbons (Fsp3) is 0.0435. The van der Waals surface area contributed by atoms with Gasteiger partial charge in [0.15, 0.2) is 11.5 Å². The van der Waals surface area contributed by atoms with E-state index in [1.165, 1.54) is 43.7 Å². The number of halogens is 3. The van der Waals surface area contributed by atoms with Crippen molar-refractivity contribution in [3.05, 3.63) is 86.9 Å². The third-order valence-electron chi connectivity index (χ3n) is 4.25. The SMILES string of the molecule is COc1cc(C=NNC(=O)C(=O)Nc2ccccc2Cl)ccc1OC(=O)c1ccc(Cl)c(Cl)c1. The predicted molar refractivity (Wildman–Crippen MR) is 130 cm³/mol. The van der Waals surface area contributed by atoms with Crippen molar-refractivity contribution in [1.29, 1.82) is 0 Å². The summed E-state index contributed by atoms with van der Waals surface area (Å²) in [7, 11) is 1.40. The second-order valence-corrected chi connectivity index (χ2v) is 7.78. The van der Waals surface area contributed by atoms with E-state index in [2.05, 4.69) is 15.8 Å². The van der Waals surface area contributed by atoms with Gasteiger partial charge in [0.2, 0.25) is 0 Å². The van der Waals surface area contributed by atoms with Crippen LogP contribution in [0.1, 0.15) is 15.9 Å². The minimum absolute atomic E-state index is 0.152. The number of nitrogens with one attached hydrogen (secondary N) is 2. The summed E-state index contributed by atoms with van der Waals surface area (Å²) in [5.74, 6) is -2.20. The standard InChI is InChI=1S/C23H16Cl3N3O5/c1-33-20-10-13(6-9-19(20)34-23(32)14-7-8-15(24)17(26)11-14)12-27-29-22(31)21(30)28-18-5-3-2-4-16(18)25/h2-12H,1H3,(H,28,30)(H,29,31). The molecule has 0 aromatic heterocycles. The largest absolute Gasteiger partial charge is 0.493 e. The number of carbonyl (C=O) groups excluding carboxylic acids is 3. The highest BCUT2D eigenvalue weighted by Crippen LogP contribution is 2.29. The monoisotopic (exact) mass is 519 g/mol. The molecule has 0 spiro atoms. The van der Waals surface area contributed by atoms with Gasteiger partial charge in [-0.1, -0.05) is 46.9 Å². The number of hydrazone groups is 1. The van der Waals surface area contributed by atoms with Crippen molar-refractivity contribution in [2.24, 2.45) is 5.10 Å². The second-order valence-electron chi connectivity index (χ2n) is 6.56. The number of para-hydroxylation sites is 1. The molecular weight excluding hydrogens is 505 g/mol. The van der Waals surface area contributed by atoms with E-state index >= 15 is 0 Å². The molecule has 0 radical (unpaired) electrons. The number of anilines is 1. The molecule has 34 heavy (non-hydrogen) atoms. The minimum Gasteiger partial charge on any atom is -0.493 e. The molecule has 0 aliphatic heterocycles. The highest BCUT2D eigenvalue weighted by molar-refractivity contribution is 6.42. The lowest BCUT2D eigenvalue weighted by Crippen LogP contribution is -2.32. The number of carbonyl (C=O) groups is 3. The first kappa shape index (κ1) is 25.0. The van der Waals surface area contributed by atoms with E-state index in [1.807, 2.05) is 0 Å². The van der Waals surface area contributed by atoms with Crippen molar-refractivity contribution in [3.63, 3.8) is 0 Å². The predicted octanol–water partition coefficient (Wildman–Crippen LogP) is 4.96. The van der Waals surface area contributed by atoms with Gasteiger partial charge in [-0.3, -0.25) is 9.59 Å². The van der Waals surface area contributed by atoms with Gasteiger partial charge in [-0.25, -0.2) is 10.2 Å². The van der Waals surface area contributed by atoms with Crippen molar-refractivity contribution in [3.8, 4) is 11.5 Å². The van der Waals surface area contributed by atoms with Crippen molar-refractivity contribution in [1.82, 2.24) is 5.43 Å². The summed E-state index contributed by atoms with van der Waals surface area (Å²) >= 11 is 17.7. The van der Waals surface area contributed by atoms with Crippen LogP contribution in [0, 0.1) is 0 Å². The zero-order valence-corrected chi connectivity index (χ0v) is 19.7. The van der Waals surface area contributed by atoms with Crippen LogP contribution in [-0.4, -0.2) is 31.1 Å². The summed E-state index contributed by atoms with van der Waals surface area (Å²) < 4.78 is 10.6. The fourth-order valence-corrected chi connectivity index (χ4v) is 3.07. The van der Waals surface area contributed by atoms with Gasteiger partial charge in [0.25, 0.3) is 0 Å². The molecule has 3 aromatic carbocycles. The third-order valence-corrected chi connectivity index (χ3v) is 5.32. The van der Waals surface area contributed by atoms with Crippen LogP contribution < -0.4 is 20.2 Å². The van der Waals surface area contributed by atoms with Gasteiger partial charge in [0, 0.05) is 0 Å². The average Bonchev–Trinajstić information content (AvgIpc) is 2.82. The lowest BCUT2D eigenvalue weighted by atomic mass is 10.2. The molecule has 0 saturated heterocycles. The molecule has 0 unspecified atom stereocenters. The fourth-order valence-electron chi connectivity index (χ4n) is 2.59. The Morgan fingerprint density at radius 2 is 1.62 bits per heavy atom. The van der Waals surface area contributed by atoms with Crippen LogP contribution in [0.5, 0.6) is 11.5 Å². The van der Waals surface area contributed by atoms with Crippen LogP contribution in [-0.2, 0) is 9.59 Å². The Labute approximate surface area is 209 Å². The van der Waals surface area contributed by atoms with Crippen molar-refractivity contribution in [2.75, 3.05) is 12.4 Å². The zero-order chi connectivity index (χ0) is 24.7. The molecular formula is C23H16Cl3N3O5. The second kappa shape index (κ2) is 11.5. The van der Waals surface area contributed by atoms with Crippen molar-refractivity contribution >= 4 is 64.5 Å². The number of ether oxygens (including phenoxy) is 2. The first-order chi connectivity index (χ1) is 16.3. The zero-order valence-electron chi connectivity index (χ0n) is 17.5. The van der Waals surface area contributed by atoms with E-state index in [9.17, 15) is 14.4 Å². The molecule has 8 nitrogen and oxygen atoms in total. The number of nitrogens with zero attached hydrogens (tertiary/aromatic N) is 1. The Bertz CT molecular complexity index is 1280.